The standard InChI is InChI=1S/2C6H12.C5H12/c1-3-6-4-5(6)2;1-2-3-6-4-5-6;1-3-5-4-2/h5-6H,3-4H2,1-2H3;6H,2-5H2,1H3;3-5H2,1-2H3. The van der Waals surface area contributed by atoms with E-state index in [-0.39, 0.29) is 0 Å². The lowest BCUT2D eigenvalue weighted by Gasteiger charge is -1.82. The minimum absolute atomic E-state index is 1.06. The molecule has 0 bridgehead atoms. The van der Waals surface area contributed by atoms with E-state index in [9.17, 15) is 0 Å². The highest BCUT2D eigenvalue weighted by atomic mass is 14.3. The second kappa shape index (κ2) is 11.1. The first-order valence-corrected chi connectivity index (χ1v) is 8.19. The van der Waals surface area contributed by atoms with E-state index in [1.54, 1.807) is 0 Å². The third-order valence-corrected chi connectivity index (χ3v) is 3.90. The lowest BCUT2D eigenvalue weighted by Crippen LogP contribution is -1.68. The van der Waals surface area contributed by atoms with Crippen molar-refractivity contribution in [1.82, 2.24) is 0 Å². The highest BCUT2D eigenvalue weighted by molar-refractivity contribution is 4.80. The summed E-state index contributed by atoms with van der Waals surface area (Å²) in [6.45, 7) is 11.3. The molecular weight excluding hydrogens is 204 g/mol. The highest BCUT2D eigenvalue weighted by Gasteiger charge is 2.29. The summed E-state index contributed by atoms with van der Waals surface area (Å²) in [5.74, 6) is 3.31. The molecule has 2 unspecified atom stereocenters. The number of rotatable bonds is 5. The van der Waals surface area contributed by atoms with Crippen molar-refractivity contribution in [3.63, 3.8) is 0 Å². The van der Waals surface area contributed by atoms with Crippen LogP contribution >= 0.6 is 0 Å². The summed E-state index contributed by atoms with van der Waals surface area (Å²) in [7, 11) is 0. The van der Waals surface area contributed by atoms with Crippen molar-refractivity contribution in [3.05, 3.63) is 0 Å². The zero-order chi connectivity index (χ0) is 13.1. The molecule has 2 atom stereocenters. The molecule has 17 heavy (non-hydrogen) atoms. The molecule has 2 fully saturated rings. The molecule has 2 aliphatic rings. The van der Waals surface area contributed by atoms with Gasteiger partial charge in [-0.2, -0.15) is 0 Å². The Morgan fingerprint density at radius 2 is 1.41 bits per heavy atom. The fraction of sp³-hybridized carbons (Fsp3) is 1.00. The Kier molecular flexibility index (Phi) is 11.1. The van der Waals surface area contributed by atoms with Gasteiger partial charge in [-0.1, -0.05) is 86.0 Å². The number of hydrogen-bond donors (Lipinski definition) is 0. The number of hydrogen-bond acceptors (Lipinski definition) is 0. The summed E-state index contributed by atoms with van der Waals surface area (Å²) in [6.07, 6.45) is 12.9. The predicted octanol–water partition coefficient (Wildman–Crippen LogP) is 6.45. The molecule has 2 saturated carbocycles. The molecule has 0 amide bonds. The molecule has 0 aromatic carbocycles. The van der Waals surface area contributed by atoms with Gasteiger partial charge in [-0.15, -0.1) is 0 Å². The maximum Gasteiger partial charge on any atom is -0.0388 e. The van der Waals surface area contributed by atoms with Crippen molar-refractivity contribution in [1.29, 1.82) is 0 Å². The van der Waals surface area contributed by atoms with Gasteiger partial charge in [-0.05, 0) is 24.2 Å². The van der Waals surface area contributed by atoms with Crippen LogP contribution < -0.4 is 0 Å². The van der Waals surface area contributed by atoms with E-state index >= 15 is 0 Å². The Morgan fingerprint density at radius 1 is 0.882 bits per heavy atom. The van der Waals surface area contributed by atoms with Crippen LogP contribution in [-0.4, -0.2) is 0 Å². The molecule has 0 aromatic rings. The average molecular weight is 240 g/mol. The Labute approximate surface area is 111 Å². The third kappa shape index (κ3) is 12.2. The second-order valence-corrected chi connectivity index (χ2v) is 5.97. The molecule has 0 N–H and O–H groups in total. The average Bonchev–Trinajstić information content (AvgIpc) is 3.20. The van der Waals surface area contributed by atoms with Gasteiger partial charge in [0.05, 0.1) is 0 Å². The molecule has 2 aliphatic carbocycles. The molecule has 0 aliphatic heterocycles. The van der Waals surface area contributed by atoms with Crippen molar-refractivity contribution >= 4 is 0 Å². The van der Waals surface area contributed by atoms with E-state index in [0.29, 0.717) is 0 Å². The largest absolute Gasteiger partial charge is 0.0654 e. The fourth-order valence-corrected chi connectivity index (χ4v) is 2.14. The molecule has 0 saturated heterocycles. The van der Waals surface area contributed by atoms with Gasteiger partial charge in [-0.25, -0.2) is 0 Å². The molecule has 2 rings (SSSR count). The van der Waals surface area contributed by atoms with Gasteiger partial charge in [0.1, 0.15) is 0 Å². The molecule has 0 aromatic heterocycles. The normalized spacial score (nSPS) is 25.2. The monoisotopic (exact) mass is 240 g/mol. The van der Waals surface area contributed by atoms with Gasteiger partial charge in [0.15, 0.2) is 0 Å². The zero-order valence-corrected chi connectivity index (χ0v) is 13.1. The number of unbranched alkanes of at least 4 members (excludes halogenated alkanes) is 2. The second-order valence-electron chi connectivity index (χ2n) is 5.97. The van der Waals surface area contributed by atoms with E-state index in [4.69, 9.17) is 0 Å². The predicted molar refractivity (Wildman–Crippen MR) is 80.4 cm³/mol. The van der Waals surface area contributed by atoms with Crippen molar-refractivity contribution in [2.75, 3.05) is 0 Å². The van der Waals surface area contributed by atoms with Gasteiger partial charge in [-0.3, -0.25) is 0 Å². The third-order valence-electron chi connectivity index (χ3n) is 3.90. The van der Waals surface area contributed by atoms with Crippen LogP contribution in [0.4, 0.5) is 0 Å². The Hall–Kier alpha value is 0. The van der Waals surface area contributed by atoms with Crippen LogP contribution in [0, 0.1) is 17.8 Å². The molecule has 0 radical (unpaired) electrons. The first-order valence-electron chi connectivity index (χ1n) is 8.19. The Balaban J connectivity index is 0.000000228. The van der Waals surface area contributed by atoms with Gasteiger partial charge >= 0.3 is 0 Å². The van der Waals surface area contributed by atoms with E-state index in [1.165, 1.54) is 57.8 Å². The summed E-state index contributed by atoms with van der Waals surface area (Å²) in [4.78, 5) is 0. The zero-order valence-electron chi connectivity index (χ0n) is 13.1. The van der Waals surface area contributed by atoms with Crippen molar-refractivity contribution in [3.8, 4) is 0 Å². The topological polar surface area (TPSA) is 0 Å². The summed E-state index contributed by atoms with van der Waals surface area (Å²) in [5, 5.41) is 0. The smallest absolute Gasteiger partial charge is 0.0388 e. The fourth-order valence-electron chi connectivity index (χ4n) is 2.14. The van der Waals surface area contributed by atoms with Crippen molar-refractivity contribution in [2.45, 2.75) is 92.4 Å². The highest BCUT2D eigenvalue weighted by Crippen LogP contribution is 2.39. The van der Waals surface area contributed by atoms with E-state index in [0.717, 1.165) is 17.8 Å². The van der Waals surface area contributed by atoms with Gasteiger partial charge in [0, 0.05) is 0 Å². The van der Waals surface area contributed by atoms with Crippen LogP contribution in [0.1, 0.15) is 92.4 Å². The van der Waals surface area contributed by atoms with Crippen LogP contribution in [0.25, 0.3) is 0 Å². The lowest BCUT2D eigenvalue weighted by atomic mass is 10.2. The SMILES string of the molecule is CCC1CC1C.CCCC1CC1.CCCCC. The molecule has 0 spiro atoms. The minimum Gasteiger partial charge on any atom is -0.0654 e. The van der Waals surface area contributed by atoms with Crippen LogP contribution in [0.3, 0.4) is 0 Å². The van der Waals surface area contributed by atoms with Crippen LogP contribution in [0.5, 0.6) is 0 Å². The van der Waals surface area contributed by atoms with Gasteiger partial charge in [0.25, 0.3) is 0 Å². The van der Waals surface area contributed by atoms with Crippen molar-refractivity contribution < 1.29 is 0 Å². The molecule has 0 nitrogen and oxygen atoms in total. The minimum atomic E-state index is 1.06. The van der Waals surface area contributed by atoms with E-state index in [2.05, 4.69) is 34.6 Å². The summed E-state index contributed by atoms with van der Waals surface area (Å²) >= 11 is 0. The maximum absolute atomic E-state index is 2.33. The lowest BCUT2D eigenvalue weighted by molar-refractivity contribution is 0.708. The van der Waals surface area contributed by atoms with Crippen molar-refractivity contribution in [2.24, 2.45) is 17.8 Å². The van der Waals surface area contributed by atoms with Crippen LogP contribution in [-0.2, 0) is 0 Å². The maximum atomic E-state index is 2.33. The first-order chi connectivity index (χ1) is 8.19. The molecule has 104 valence electrons. The first kappa shape index (κ1) is 17.0. The summed E-state index contributed by atoms with van der Waals surface area (Å²) in [6, 6.07) is 0. The summed E-state index contributed by atoms with van der Waals surface area (Å²) < 4.78 is 0. The van der Waals surface area contributed by atoms with Gasteiger partial charge in [0.2, 0.25) is 0 Å². The van der Waals surface area contributed by atoms with Crippen LogP contribution in [0.15, 0.2) is 0 Å². The molecule has 0 heterocycles. The quantitative estimate of drug-likeness (QED) is 0.518. The molecular formula is C17H36. The van der Waals surface area contributed by atoms with E-state index in [1.807, 2.05) is 0 Å². The van der Waals surface area contributed by atoms with Crippen LogP contribution in [0.2, 0.25) is 0 Å². The van der Waals surface area contributed by atoms with E-state index < -0.39 is 0 Å². The van der Waals surface area contributed by atoms with Gasteiger partial charge < -0.3 is 0 Å². The Bertz CT molecular complexity index is 142. The summed E-state index contributed by atoms with van der Waals surface area (Å²) in [5.41, 5.74) is 0. The Morgan fingerprint density at radius 3 is 1.47 bits per heavy atom. The molecule has 0 heteroatoms.